The molecule has 100 valence electrons. The van der Waals surface area contributed by atoms with Crippen LogP contribution in [0.5, 0.6) is 5.75 Å². The van der Waals surface area contributed by atoms with Gasteiger partial charge in [0, 0.05) is 16.1 Å². The predicted octanol–water partition coefficient (Wildman–Crippen LogP) is 4.97. The molecule has 1 nitrogen and oxygen atoms in total. The zero-order chi connectivity index (χ0) is 13.5. The van der Waals surface area contributed by atoms with Gasteiger partial charge in [-0.2, -0.15) is 0 Å². The molecule has 0 aliphatic carbocycles. The summed E-state index contributed by atoms with van der Waals surface area (Å²) in [6.45, 7) is 0.687. The molecule has 0 saturated heterocycles. The summed E-state index contributed by atoms with van der Waals surface area (Å²) in [6, 6.07) is 18.7. The van der Waals surface area contributed by atoms with E-state index in [1.165, 1.54) is 10.5 Å². The number of para-hydroxylation sites is 1. The highest BCUT2D eigenvalue weighted by molar-refractivity contribution is 9.09. The van der Waals surface area contributed by atoms with Crippen LogP contribution in [0.3, 0.4) is 0 Å². The van der Waals surface area contributed by atoms with Crippen LogP contribution in [-0.4, -0.2) is 18.2 Å². The molecule has 2 aromatic carbocycles. The zero-order valence-corrected chi connectivity index (χ0v) is 13.3. The Morgan fingerprint density at radius 3 is 2.42 bits per heavy atom. The number of rotatable bonds is 6. The van der Waals surface area contributed by atoms with Crippen molar-refractivity contribution in [1.82, 2.24) is 0 Å². The highest BCUT2D eigenvalue weighted by Gasteiger charge is 2.11. The molecule has 0 heterocycles. The molecule has 3 heteroatoms. The van der Waals surface area contributed by atoms with Gasteiger partial charge in [-0.3, -0.25) is 0 Å². The molecule has 0 aliphatic heterocycles. The van der Waals surface area contributed by atoms with Gasteiger partial charge in [0.1, 0.15) is 5.75 Å². The number of hydrogen-bond donors (Lipinski definition) is 0. The van der Waals surface area contributed by atoms with Crippen molar-refractivity contribution in [3.05, 3.63) is 60.2 Å². The molecule has 1 unspecified atom stereocenters. The minimum atomic E-state index is 0.371. The average Bonchev–Trinajstić information content (AvgIpc) is 2.49. The number of alkyl halides is 1. The molecule has 0 aromatic heterocycles. The van der Waals surface area contributed by atoms with Crippen LogP contribution in [0.25, 0.3) is 0 Å². The minimum Gasteiger partial charge on any atom is -0.492 e. The Morgan fingerprint density at radius 1 is 1.05 bits per heavy atom. The fraction of sp³-hybridized carbons (Fsp3) is 0.250. The maximum atomic E-state index is 5.98. The van der Waals surface area contributed by atoms with E-state index >= 15 is 0 Å². The predicted molar refractivity (Wildman–Crippen MR) is 86.7 cm³/mol. The number of benzene rings is 2. The van der Waals surface area contributed by atoms with E-state index in [4.69, 9.17) is 4.74 Å². The van der Waals surface area contributed by atoms with Gasteiger partial charge in [-0.05, 0) is 24.0 Å². The summed E-state index contributed by atoms with van der Waals surface area (Å²) in [5, 5.41) is 0.901. The number of halogens is 1. The van der Waals surface area contributed by atoms with Gasteiger partial charge in [-0.25, -0.2) is 0 Å². The summed E-state index contributed by atoms with van der Waals surface area (Å²) in [5.74, 6) is 1.34. The van der Waals surface area contributed by atoms with Crippen molar-refractivity contribution in [2.75, 3.05) is 18.2 Å². The van der Waals surface area contributed by atoms with Crippen LogP contribution >= 0.6 is 27.7 Å². The van der Waals surface area contributed by atoms with E-state index in [0.29, 0.717) is 12.5 Å². The standard InChI is InChI=1S/C16H17BrOS/c1-19-16-10-6-5-9-15(16)18-12-14(11-17)13-7-3-2-4-8-13/h2-10,14H,11-12H2,1H3. The molecular weight excluding hydrogens is 320 g/mol. The lowest BCUT2D eigenvalue weighted by Gasteiger charge is -2.17. The Labute approximate surface area is 127 Å². The Kier molecular flexibility index (Phi) is 5.80. The van der Waals surface area contributed by atoms with Crippen molar-refractivity contribution >= 4 is 27.7 Å². The van der Waals surface area contributed by atoms with E-state index in [-0.39, 0.29) is 0 Å². The monoisotopic (exact) mass is 336 g/mol. The third-order valence-electron chi connectivity index (χ3n) is 2.97. The average molecular weight is 337 g/mol. The second kappa shape index (κ2) is 7.61. The second-order valence-corrected chi connectivity index (χ2v) is 5.72. The number of hydrogen-bond acceptors (Lipinski definition) is 2. The minimum absolute atomic E-state index is 0.371. The van der Waals surface area contributed by atoms with E-state index in [0.717, 1.165) is 11.1 Å². The molecule has 1 atom stereocenters. The van der Waals surface area contributed by atoms with Crippen LogP contribution in [0.1, 0.15) is 11.5 Å². The van der Waals surface area contributed by atoms with Crippen molar-refractivity contribution in [3.63, 3.8) is 0 Å². The van der Waals surface area contributed by atoms with Crippen LogP contribution in [-0.2, 0) is 0 Å². The molecule has 0 aliphatic rings. The first-order chi connectivity index (χ1) is 9.35. The summed E-state index contributed by atoms with van der Waals surface area (Å²) >= 11 is 5.29. The van der Waals surface area contributed by atoms with E-state index in [1.54, 1.807) is 11.8 Å². The molecule has 2 aromatic rings. The van der Waals surface area contributed by atoms with Crippen molar-refractivity contribution in [2.45, 2.75) is 10.8 Å². The van der Waals surface area contributed by atoms with E-state index in [1.807, 2.05) is 24.3 Å². The van der Waals surface area contributed by atoms with E-state index < -0.39 is 0 Å². The Balaban J connectivity index is 2.04. The number of ether oxygens (including phenoxy) is 1. The van der Waals surface area contributed by atoms with Gasteiger partial charge in [-0.15, -0.1) is 11.8 Å². The van der Waals surface area contributed by atoms with Crippen molar-refractivity contribution in [2.24, 2.45) is 0 Å². The fourth-order valence-electron chi connectivity index (χ4n) is 1.88. The summed E-state index contributed by atoms with van der Waals surface area (Å²) < 4.78 is 5.98. The molecule has 0 spiro atoms. The third kappa shape index (κ3) is 4.02. The lowest BCUT2D eigenvalue weighted by molar-refractivity contribution is 0.291. The highest BCUT2D eigenvalue weighted by Crippen LogP contribution is 2.28. The zero-order valence-electron chi connectivity index (χ0n) is 10.9. The summed E-state index contributed by atoms with van der Waals surface area (Å²) in [6.07, 6.45) is 2.07. The molecule has 0 radical (unpaired) electrons. The topological polar surface area (TPSA) is 9.23 Å². The van der Waals surface area contributed by atoms with Gasteiger partial charge in [0.2, 0.25) is 0 Å². The Bertz CT molecular complexity index is 501. The SMILES string of the molecule is CSc1ccccc1OCC(CBr)c1ccccc1. The highest BCUT2D eigenvalue weighted by atomic mass is 79.9. The van der Waals surface area contributed by atoms with Gasteiger partial charge in [0.25, 0.3) is 0 Å². The molecular formula is C16H17BrOS. The quantitative estimate of drug-likeness (QED) is 0.544. The lowest BCUT2D eigenvalue weighted by Crippen LogP contribution is -2.12. The van der Waals surface area contributed by atoms with Crippen LogP contribution in [0.4, 0.5) is 0 Å². The van der Waals surface area contributed by atoms with E-state index in [2.05, 4.69) is 52.5 Å². The van der Waals surface area contributed by atoms with Crippen LogP contribution in [0, 0.1) is 0 Å². The molecule has 0 bridgehead atoms. The Morgan fingerprint density at radius 2 is 1.74 bits per heavy atom. The van der Waals surface area contributed by atoms with Crippen molar-refractivity contribution < 1.29 is 4.74 Å². The third-order valence-corrected chi connectivity index (χ3v) is 4.53. The smallest absolute Gasteiger partial charge is 0.132 e. The summed E-state index contributed by atoms with van der Waals surface area (Å²) in [4.78, 5) is 1.18. The number of thioether (sulfide) groups is 1. The lowest BCUT2D eigenvalue weighted by atomic mass is 10.0. The summed E-state index contributed by atoms with van der Waals surface area (Å²) in [7, 11) is 0. The van der Waals surface area contributed by atoms with Gasteiger partial charge in [0.15, 0.2) is 0 Å². The van der Waals surface area contributed by atoms with Crippen molar-refractivity contribution in [3.8, 4) is 5.75 Å². The first kappa shape index (κ1) is 14.5. The first-order valence-electron chi connectivity index (χ1n) is 6.22. The molecule has 19 heavy (non-hydrogen) atoms. The van der Waals surface area contributed by atoms with Gasteiger partial charge in [-0.1, -0.05) is 58.4 Å². The fourth-order valence-corrected chi connectivity index (χ4v) is 2.99. The molecule has 2 rings (SSSR count). The van der Waals surface area contributed by atoms with E-state index in [9.17, 15) is 0 Å². The van der Waals surface area contributed by atoms with Gasteiger partial charge >= 0.3 is 0 Å². The van der Waals surface area contributed by atoms with Crippen LogP contribution in [0.15, 0.2) is 59.5 Å². The van der Waals surface area contributed by atoms with Gasteiger partial charge < -0.3 is 4.74 Å². The van der Waals surface area contributed by atoms with Crippen molar-refractivity contribution in [1.29, 1.82) is 0 Å². The molecule has 0 fully saturated rings. The largest absolute Gasteiger partial charge is 0.492 e. The Hall–Kier alpha value is -0.930. The maximum Gasteiger partial charge on any atom is 0.132 e. The van der Waals surface area contributed by atoms with Crippen LogP contribution in [0.2, 0.25) is 0 Å². The molecule has 0 amide bonds. The van der Waals surface area contributed by atoms with Crippen LogP contribution < -0.4 is 4.74 Å². The second-order valence-electron chi connectivity index (χ2n) is 4.22. The summed E-state index contributed by atoms with van der Waals surface area (Å²) in [5.41, 5.74) is 1.31. The molecule has 0 saturated carbocycles. The molecule has 0 N–H and O–H groups in total. The van der Waals surface area contributed by atoms with Gasteiger partial charge in [0.05, 0.1) is 6.61 Å². The maximum absolute atomic E-state index is 5.98. The normalized spacial score (nSPS) is 12.1. The first-order valence-corrected chi connectivity index (χ1v) is 8.56.